The van der Waals surface area contributed by atoms with Crippen molar-refractivity contribution in [3.8, 4) is 0 Å². The largest absolute Gasteiger partial charge is 0.383 e. The van der Waals surface area contributed by atoms with Crippen LogP contribution in [0.2, 0.25) is 0 Å². The first-order chi connectivity index (χ1) is 9.29. The van der Waals surface area contributed by atoms with Gasteiger partial charge in [0.1, 0.15) is 0 Å². The van der Waals surface area contributed by atoms with E-state index in [0.29, 0.717) is 5.25 Å². The molecule has 1 heterocycles. The molecule has 106 valence electrons. The Morgan fingerprint density at radius 3 is 3.00 bits per heavy atom. The highest BCUT2D eigenvalue weighted by Gasteiger charge is 2.20. The molecule has 0 saturated heterocycles. The highest BCUT2D eigenvalue weighted by Crippen LogP contribution is 2.36. The summed E-state index contributed by atoms with van der Waals surface area (Å²) in [6.45, 7) is 5.03. The van der Waals surface area contributed by atoms with Crippen LogP contribution in [0.15, 0.2) is 29.2 Å². The van der Waals surface area contributed by atoms with Gasteiger partial charge in [-0.1, -0.05) is 18.2 Å². The van der Waals surface area contributed by atoms with Crippen molar-refractivity contribution >= 4 is 11.8 Å². The normalized spacial score (nSPS) is 17.9. The summed E-state index contributed by atoms with van der Waals surface area (Å²) in [7, 11) is 3.89. The lowest BCUT2D eigenvalue weighted by molar-refractivity contribution is 0.161. The number of fused-ring (bicyclic) bond motifs is 1. The number of methoxy groups -OCH3 is 1. The number of hydrogen-bond acceptors (Lipinski definition) is 4. The fourth-order valence-corrected chi connectivity index (χ4v) is 3.54. The maximum Gasteiger partial charge on any atom is 0.0589 e. The van der Waals surface area contributed by atoms with E-state index in [9.17, 15) is 0 Å². The molecule has 0 fully saturated rings. The van der Waals surface area contributed by atoms with Crippen LogP contribution in [-0.2, 0) is 11.2 Å². The Morgan fingerprint density at radius 2 is 2.21 bits per heavy atom. The van der Waals surface area contributed by atoms with E-state index < -0.39 is 0 Å². The molecule has 0 spiro atoms. The smallest absolute Gasteiger partial charge is 0.0589 e. The van der Waals surface area contributed by atoms with Crippen LogP contribution in [0.3, 0.4) is 0 Å². The van der Waals surface area contributed by atoms with Crippen LogP contribution >= 0.6 is 11.8 Å². The van der Waals surface area contributed by atoms with Crippen molar-refractivity contribution in [1.29, 1.82) is 0 Å². The van der Waals surface area contributed by atoms with E-state index in [0.717, 1.165) is 32.8 Å². The molecule has 19 heavy (non-hydrogen) atoms. The predicted octanol–water partition coefficient (Wildman–Crippen LogP) is 1.87. The van der Waals surface area contributed by atoms with Crippen LogP contribution in [0.5, 0.6) is 0 Å². The van der Waals surface area contributed by atoms with Crippen molar-refractivity contribution in [2.75, 3.05) is 46.9 Å². The quantitative estimate of drug-likeness (QED) is 0.735. The van der Waals surface area contributed by atoms with Crippen LogP contribution in [0.4, 0.5) is 0 Å². The predicted molar refractivity (Wildman–Crippen MR) is 82.0 cm³/mol. The van der Waals surface area contributed by atoms with E-state index in [-0.39, 0.29) is 0 Å². The van der Waals surface area contributed by atoms with Crippen LogP contribution < -0.4 is 5.32 Å². The number of ether oxygens (including phenoxy) is 1. The number of benzene rings is 1. The maximum absolute atomic E-state index is 5.07. The summed E-state index contributed by atoms with van der Waals surface area (Å²) in [5.41, 5.74) is 1.51. The number of nitrogens with zero attached hydrogens (tertiary/aromatic N) is 1. The average Bonchev–Trinajstić information content (AvgIpc) is 2.84. The molecule has 1 aromatic rings. The first-order valence-electron chi connectivity index (χ1n) is 6.92. The second-order valence-electron chi connectivity index (χ2n) is 5.05. The Balaban J connectivity index is 1.58. The number of nitrogens with one attached hydrogen (secondary N) is 1. The van der Waals surface area contributed by atoms with Gasteiger partial charge in [-0.2, -0.15) is 0 Å². The minimum Gasteiger partial charge on any atom is -0.383 e. The van der Waals surface area contributed by atoms with Gasteiger partial charge in [0.15, 0.2) is 0 Å². The van der Waals surface area contributed by atoms with E-state index >= 15 is 0 Å². The molecule has 0 aromatic heterocycles. The molecule has 1 N–H and O–H groups in total. The van der Waals surface area contributed by atoms with Crippen LogP contribution in [-0.4, -0.2) is 57.1 Å². The Hall–Kier alpha value is -0.550. The van der Waals surface area contributed by atoms with Gasteiger partial charge in [0.25, 0.3) is 0 Å². The number of hydrogen-bond donors (Lipinski definition) is 1. The Bertz CT molecular complexity index is 361. The Kier molecular flexibility index (Phi) is 6.17. The average molecular weight is 280 g/mol. The van der Waals surface area contributed by atoms with Gasteiger partial charge in [-0.05, 0) is 25.1 Å². The monoisotopic (exact) mass is 280 g/mol. The van der Waals surface area contributed by atoms with Crippen molar-refractivity contribution in [2.24, 2.45) is 0 Å². The fourth-order valence-electron chi connectivity index (χ4n) is 2.26. The van der Waals surface area contributed by atoms with E-state index in [1.165, 1.54) is 16.9 Å². The Morgan fingerprint density at radius 1 is 1.37 bits per heavy atom. The minimum absolute atomic E-state index is 0.696. The standard InChI is InChI=1S/C15H24N2OS/c1-17(9-10-18-2)8-7-16-12-14-11-13-5-3-4-6-15(13)19-14/h3-6,14,16H,7-12H2,1-2H3. The SMILES string of the molecule is COCCN(C)CCNCC1Cc2ccccc2S1. The van der Waals surface area contributed by atoms with Gasteiger partial charge in [-0.3, -0.25) is 0 Å². The third-order valence-corrected chi connectivity index (χ3v) is 4.75. The van der Waals surface area contributed by atoms with Gasteiger partial charge < -0.3 is 15.0 Å². The fraction of sp³-hybridized carbons (Fsp3) is 0.600. The lowest BCUT2D eigenvalue weighted by atomic mass is 10.1. The number of rotatable bonds is 8. The second-order valence-corrected chi connectivity index (χ2v) is 6.39. The maximum atomic E-state index is 5.07. The molecular formula is C15H24N2OS. The molecule has 1 aromatic carbocycles. The molecule has 1 aliphatic heterocycles. The van der Waals surface area contributed by atoms with E-state index in [1.807, 2.05) is 11.8 Å². The zero-order chi connectivity index (χ0) is 13.5. The number of likely N-dealkylation sites (N-methyl/N-ethyl adjacent to an activating group) is 1. The summed E-state index contributed by atoms with van der Waals surface area (Å²) >= 11 is 2.01. The summed E-state index contributed by atoms with van der Waals surface area (Å²) < 4.78 is 5.07. The summed E-state index contributed by atoms with van der Waals surface area (Å²) in [6, 6.07) is 8.76. The molecule has 4 heteroatoms. The van der Waals surface area contributed by atoms with Crippen molar-refractivity contribution in [2.45, 2.75) is 16.6 Å². The van der Waals surface area contributed by atoms with Crippen molar-refractivity contribution in [1.82, 2.24) is 10.2 Å². The van der Waals surface area contributed by atoms with Crippen LogP contribution in [0, 0.1) is 0 Å². The van der Waals surface area contributed by atoms with E-state index in [1.54, 1.807) is 7.11 Å². The van der Waals surface area contributed by atoms with Gasteiger partial charge >= 0.3 is 0 Å². The molecule has 0 saturated carbocycles. The van der Waals surface area contributed by atoms with E-state index in [2.05, 4.69) is 41.5 Å². The van der Waals surface area contributed by atoms with Crippen molar-refractivity contribution in [3.05, 3.63) is 29.8 Å². The third-order valence-electron chi connectivity index (χ3n) is 3.43. The zero-order valence-electron chi connectivity index (χ0n) is 11.9. The molecule has 1 aliphatic rings. The molecule has 0 radical (unpaired) electrons. The van der Waals surface area contributed by atoms with Crippen molar-refractivity contribution in [3.63, 3.8) is 0 Å². The molecule has 1 atom stereocenters. The van der Waals surface area contributed by atoms with Crippen molar-refractivity contribution < 1.29 is 4.74 Å². The molecule has 2 rings (SSSR count). The number of thioether (sulfide) groups is 1. The van der Waals surface area contributed by atoms with Gasteiger partial charge in [-0.15, -0.1) is 11.8 Å². The third kappa shape index (κ3) is 4.80. The molecule has 3 nitrogen and oxygen atoms in total. The molecular weight excluding hydrogens is 256 g/mol. The molecule has 0 aliphatic carbocycles. The molecule has 0 amide bonds. The van der Waals surface area contributed by atoms with Gasteiger partial charge in [0.05, 0.1) is 6.61 Å². The topological polar surface area (TPSA) is 24.5 Å². The van der Waals surface area contributed by atoms with Gasteiger partial charge in [0.2, 0.25) is 0 Å². The first-order valence-corrected chi connectivity index (χ1v) is 7.80. The van der Waals surface area contributed by atoms with Gasteiger partial charge in [0, 0.05) is 43.4 Å². The minimum atomic E-state index is 0.696. The summed E-state index contributed by atoms with van der Waals surface area (Å²) in [4.78, 5) is 3.76. The lowest BCUT2D eigenvalue weighted by Gasteiger charge is -2.17. The summed E-state index contributed by atoms with van der Waals surface area (Å²) in [6.07, 6.45) is 1.20. The zero-order valence-corrected chi connectivity index (χ0v) is 12.7. The summed E-state index contributed by atoms with van der Waals surface area (Å²) in [5, 5.41) is 4.26. The Labute approximate surface area is 120 Å². The molecule has 1 unspecified atom stereocenters. The summed E-state index contributed by atoms with van der Waals surface area (Å²) in [5.74, 6) is 0. The highest BCUT2D eigenvalue weighted by molar-refractivity contribution is 8.00. The van der Waals surface area contributed by atoms with Crippen LogP contribution in [0.1, 0.15) is 5.56 Å². The second kappa shape index (κ2) is 7.90. The molecule has 0 bridgehead atoms. The van der Waals surface area contributed by atoms with Gasteiger partial charge in [-0.25, -0.2) is 0 Å². The first kappa shape index (κ1) is 14.9. The van der Waals surface area contributed by atoms with Crippen LogP contribution in [0.25, 0.3) is 0 Å². The highest BCUT2D eigenvalue weighted by atomic mass is 32.2. The van der Waals surface area contributed by atoms with E-state index in [4.69, 9.17) is 4.74 Å². The lowest BCUT2D eigenvalue weighted by Crippen LogP contribution is -2.34.